The van der Waals surface area contributed by atoms with Crippen LogP contribution in [0, 0.1) is 5.82 Å². The molecular weight excluding hydrogens is 245 g/mol. The van der Waals surface area contributed by atoms with Crippen molar-refractivity contribution >= 4 is 5.91 Å². The Morgan fingerprint density at radius 2 is 2.26 bits per heavy atom. The first-order valence-electron chi connectivity index (χ1n) is 6.10. The average Bonchev–Trinajstić information content (AvgIpc) is 2.84. The maximum Gasteiger partial charge on any atom is 0.271 e. The summed E-state index contributed by atoms with van der Waals surface area (Å²) in [7, 11) is 0. The third-order valence-corrected chi connectivity index (χ3v) is 3.31. The number of rotatable bonds is 2. The molecule has 0 saturated carbocycles. The standard InChI is InChI=1S/C14H12FN3O/c15-11-3-1-2-10-9(11)4-5-12(10)18-14(19)13-8-16-6-7-17-13/h1-3,6-8,12H,4-5H2,(H,18,19). The monoisotopic (exact) mass is 257 g/mol. The number of hydrogen-bond donors (Lipinski definition) is 1. The highest BCUT2D eigenvalue weighted by Gasteiger charge is 2.26. The van der Waals surface area contributed by atoms with Crippen molar-refractivity contribution in [1.29, 1.82) is 0 Å². The van der Waals surface area contributed by atoms with E-state index in [0.29, 0.717) is 18.4 Å². The second-order valence-electron chi connectivity index (χ2n) is 4.46. The van der Waals surface area contributed by atoms with E-state index in [1.165, 1.54) is 24.7 Å². The van der Waals surface area contributed by atoms with Crippen LogP contribution < -0.4 is 5.32 Å². The molecule has 0 radical (unpaired) electrons. The summed E-state index contributed by atoms with van der Waals surface area (Å²) in [6, 6.07) is 4.82. The van der Waals surface area contributed by atoms with Gasteiger partial charge < -0.3 is 5.32 Å². The molecule has 1 atom stereocenters. The van der Waals surface area contributed by atoms with E-state index in [1.807, 2.05) is 6.07 Å². The summed E-state index contributed by atoms with van der Waals surface area (Å²) in [4.78, 5) is 19.8. The lowest BCUT2D eigenvalue weighted by atomic mass is 10.1. The molecule has 0 aliphatic heterocycles. The summed E-state index contributed by atoms with van der Waals surface area (Å²) in [5, 5.41) is 2.87. The average molecular weight is 257 g/mol. The highest BCUT2D eigenvalue weighted by molar-refractivity contribution is 5.92. The van der Waals surface area contributed by atoms with Crippen LogP contribution in [0.5, 0.6) is 0 Å². The summed E-state index contributed by atoms with van der Waals surface area (Å²) in [6.45, 7) is 0. The number of carbonyl (C=O) groups is 1. The SMILES string of the molecule is O=C(NC1CCc2c(F)cccc21)c1cnccn1. The number of carbonyl (C=O) groups excluding carboxylic acids is 1. The number of amides is 1. The van der Waals surface area contributed by atoms with Crippen molar-refractivity contribution < 1.29 is 9.18 Å². The fraction of sp³-hybridized carbons (Fsp3) is 0.214. The third kappa shape index (κ3) is 2.19. The lowest BCUT2D eigenvalue weighted by molar-refractivity contribution is 0.0931. The minimum atomic E-state index is -0.282. The summed E-state index contributed by atoms with van der Waals surface area (Å²) < 4.78 is 13.6. The van der Waals surface area contributed by atoms with Gasteiger partial charge in [0, 0.05) is 12.4 Å². The predicted octanol–water partition coefficient (Wildman–Crippen LogP) is 2.03. The number of halogens is 1. The number of nitrogens with one attached hydrogen (secondary N) is 1. The van der Waals surface area contributed by atoms with Crippen LogP contribution in [0.4, 0.5) is 4.39 Å². The largest absolute Gasteiger partial charge is 0.344 e. The van der Waals surface area contributed by atoms with Gasteiger partial charge in [-0.1, -0.05) is 12.1 Å². The second kappa shape index (κ2) is 4.76. The fourth-order valence-corrected chi connectivity index (χ4v) is 2.41. The van der Waals surface area contributed by atoms with Crippen molar-refractivity contribution in [3.05, 3.63) is 59.4 Å². The van der Waals surface area contributed by atoms with Gasteiger partial charge in [-0.3, -0.25) is 9.78 Å². The molecular formula is C14H12FN3O. The van der Waals surface area contributed by atoms with Crippen molar-refractivity contribution in [3.63, 3.8) is 0 Å². The van der Waals surface area contributed by atoms with Crippen LogP contribution in [0.25, 0.3) is 0 Å². The minimum absolute atomic E-state index is 0.153. The van der Waals surface area contributed by atoms with E-state index in [1.54, 1.807) is 6.07 Å². The quantitative estimate of drug-likeness (QED) is 0.895. The maximum atomic E-state index is 13.6. The molecule has 1 aromatic heterocycles. The molecule has 0 bridgehead atoms. The topological polar surface area (TPSA) is 54.9 Å². The van der Waals surface area contributed by atoms with E-state index in [4.69, 9.17) is 0 Å². The Morgan fingerprint density at radius 3 is 3.05 bits per heavy atom. The number of fused-ring (bicyclic) bond motifs is 1. The van der Waals surface area contributed by atoms with Crippen molar-refractivity contribution in [1.82, 2.24) is 15.3 Å². The molecule has 2 aromatic rings. The van der Waals surface area contributed by atoms with Crippen molar-refractivity contribution in [2.75, 3.05) is 0 Å². The second-order valence-corrected chi connectivity index (χ2v) is 4.46. The first-order valence-corrected chi connectivity index (χ1v) is 6.10. The predicted molar refractivity (Wildman–Crippen MR) is 67.0 cm³/mol. The lowest BCUT2D eigenvalue weighted by Crippen LogP contribution is -2.27. The molecule has 0 spiro atoms. The normalized spacial score (nSPS) is 17.0. The molecule has 3 rings (SSSR count). The number of benzene rings is 1. The summed E-state index contributed by atoms with van der Waals surface area (Å²) in [6.07, 6.45) is 5.75. The Hall–Kier alpha value is -2.30. The van der Waals surface area contributed by atoms with E-state index < -0.39 is 0 Å². The zero-order valence-electron chi connectivity index (χ0n) is 10.1. The molecule has 1 aliphatic carbocycles. The molecule has 1 heterocycles. The molecule has 5 heteroatoms. The van der Waals surface area contributed by atoms with Gasteiger partial charge in [0.2, 0.25) is 0 Å². The summed E-state index contributed by atoms with van der Waals surface area (Å²) >= 11 is 0. The fourth-order valence-electron chi connectivity index (χ4n) is 2.41. The molecule has 1 unspecified atom stereocenters. The Bertz CT molecular complexity index is 615. The number of nitrogens with zero attached hydrogens (tertiary/aromatic N) is 2. The van der Waals surface area contributed by atoms with Crippen LogP contribution in [0.3, 0.4) is 0 Å². The highest BCUT2D eigenvalue weighted by Crippen LogP contribution is 2.32. The number of hydrogen-bond acceptors (Lipinski definition) is 3. The van der Waals surface area contributed by atoms with E-state index in [0.717, 1.165) is 5.56 Å². The molecule has 19 heavy (non-hydrogen) atoms. The first kappa shape index (κ1) is 11.8. The summed E-state index contributed by atoms with van der Waals surface area (Å²) in [5.41, 5.74) is 1.83. The van der Waals surface area contributed by atoms with Crippen LogP contribution >= 0.6 is 0 Å². The molecule has 0 saturated heterocycles. The molecule has 1 aromatic carbocycles. The molecule has 1 N–H and O–H groups in total. The van der Waals surface area contributed by atoms with E-state index in [-0.39, 0.29) is 23.5 Å². The van der Waals surface area contributed by atoms with Gasteiger partial charge in [0.25, 0.3) is 5.91 Å². The Balaban J connectivity index is 1.80. The minimum Gasteiger partial charge on any atom is -0.344 e. The van der Waals surface area contributed by atoms with Crippen LogP contribution in [0.15, 0.2) is 36.8 Å². The van der Waals surface area contributed by atoms with Gasteiger partial charge in [0.05, 0.1) is 12.2 Å². The van der Waals surface area contributed by atoms with Gasteiger partial charge in [-0.2, -0.15) is 0 Å². The van der Waals surface area contributed by atoms with Gasteiger partial charge in [-0.25, -0.2) is 9.37 Å². The lowest BCUT2D eigenvalue weighted by Gasteiger charge is -2.13. The van der Waals surface area contributed by atoms with Gasteiger partial charge in [0.15, 0.2) is 0 Å². The van der Waals surface area contributed by atoms with Gasteiger partial charge in [0.1, 0.15) is 11.5 Å². The molecule has 96 valence electrons. The van der Waals surface area contributed by atoms with E-state index >= 15 is 0 Å². The first-order chi connectivity index (χ1) is 9.25. The number of aromatic nitrogens is 2. The zero-order chi connectivity index (χ0) is 13.2. The van der Waals surface area contributed by atoms with Crippen molar-refractivity contribution in [2.24, 2.45) is 0 Å². The van der Waals surface area contributed by atoms with Crippen LogP contribution in [-0.2, 0) is 6.42 Å². The Labute approximate surface area is 109 Å². The van der Waals surface area contributed by atoms with Gasteiger partial charge in [-0.15, -0.1) is 0 Å². The van der Waals surface area contributed by atoms with Crippen molar-refractivity contribution in [3.8, 4) is 0 Å². The van der Waals surface area contributed by atoms with Crippen molar-refractivity contribution in [2.45, 2.75) is 18.9 Å². The molecule has 1 amide bonds. The summed E-state index contributed by atoms with van der Waals surface area (Å²) in [5.74, 6) is -0.482. The molecule has 0 fully saturated rings. The molecule has 4 nitrogen and oxygen atoms in total. The van der Waals surface area contributed by atoms with Crippen LogP contribution in [0.2, 0.25) is 0 Å². The van der Waals surface area contributed by atoms with Crippen LogP contribution in [-0.4, -0.2) is 15.9 Å². The van der Waals surface area contributed by atoms with Gasteiger partial charge in [-0.05, 0) is 30.0 Å². The highest BCUT2D eigenvalue weighted by atomic mass is 19.1. The molecule has 1 aliphatic rings. The maximum absolute atomic E-state index is 13.6. The van der Waals surface area contributed by atoms with Crippen LogP contribution in [0.1, 0.15) is 34.1 Å². The zero-order valence-corrected chi connectivity index (χ0v) is 10.1. The Kier molecular flexibility index (Phi) is 2.95. The third-order valence-electron chi connectivity index (χ3n) is 3.31. The Morgan fingerprint density at radius 1 is 1.37 bits per heavy atom. The smallest absolute Gasteiger partial charge is 0.271 e. The van der Waals surface area contributed by atoms with E-state index in [2.05, 4.69) is 15.3 Å². The van der Waals surface area contributed by atoms with E-state index in [9.17, 15) is 9.18 Å². The van der Waals surface area contributed by atoms with Gasteiger partial charge >= 0.3 is 0 Å².